The van der Waals surface area contributed by atoms with E-state index in [1.165, 1.54) is 12.1 Å². The molecular weight excluding hydrogens is 331 g/mol. The lowest BCUT2D eigenvalue weighted by Gasteiger charge is -2.18. The van der Waals surface area contributed by atoms with Crippen LogP contribution in [0, 0.1) is 5.82 Å². The van der Waals surface area contributed by atoms with Crippen LogP contribution in [0.2, 0.25) is 0 Å². The van der Waals surface area contributed by atoms with Gasteiger partial charge in [0.15, 0.2) is 0 Å². The molecule has 0 saturated heterocycles. The first-order chi connectivity index (χ1) is 10.1. The molecule has 0 bridgehead atoms. The fraction of sp³-hybridized carbons (Fsp3) is 0.118. The highest BCUT2D eigenvalue weighted by atomic mass is 79.9. The van der Waals surface area contributed by atoms with Crippen LogP contribution in [0.5, 0.6) is 0 Å². The van der Waals surface area contributed by atoms with Gasteiger partial charge in [-0.1, -0.05) is 34.1 Å². The van der Waals surface area contributed by atoms with Gasteiger partial charge in [-0.05, 0) is 36.8 Å². The first kappa shape index (κ1) is 14.0. The van der Waals surface area contributed by atoms with Crippen LogP contribution >= 0.6 is 15.9 Å². The van der Waals surface area contributed by atoms with Crippen molar-refractivity contribution in [2.75, 3.05) is 5.32 Å². The zero-order valence-corrected chi connectivity index (χ0v) is 13.1. The van der Waals surface area contributed by atoms with Crippen molar-refractivity contribution in [2.45, 2.75) is 13.0 Å². The minimum absolute atomic E-state index is 0.0544. The van der Waals surface area contributed by atoms with Crippen molar-refractivity contribution in [3.63, 3.8) is 0 Å². The lowest BCUT2D eigenvalue weighted by atomic mass is 10.1. The van der Waals surface area contributed by atoms with Crippen molar-refractivity contribution in [2.24, 2.45) is 0 Å². The van der Waals surface area contributed by atoms with Crippen molar-refractivity contribution < 1.29 is 4.39 Å². The molecule has 0 amide bonds. The Balaban J connectivity index is 1.94. The Bertz CT molecular complexity index is 783. The summed E-state index contributed by atoms with van der Waals surface area (Å²) in [6.07, 6.45) is 3.63. The minimum atomic E-state index is -0.242. The molecule has 0 saturated carbocycles. The van der Waals surface area contributed by atoms with Crippen molar-refractivity contribution in [1.29, 1.82) is 0 Å². The van der Waals surface area contributed by atoms with Crippen LogP contribution in [-0.2, 0) is 0 Å². The summed E-state index contributed by atoms with van der Waals surface area (Å²) in [5.41, 5.74) is 2.06. The van der Waals surface area contributed by atoms with E-state index in [2.05, 4.69) is 33.2 Å². The predicted molar refractivity (Wildman–Crippen MR) is 87.9 cm³/mol. The smallest absolute Gasteiger partial charge is 0.124 e. The van der Waals surface area contributed by atoms with E-state index < -0.39 is 0 Å². The van der Waals surface area contributed by atoms with Gasteiger partial charge in [-0.25, -0.2) is 4.39 Å². The van der Waals surface area contributed by atoms with Gasteiger partial charge in [-0.3, -0.25) is 4.98 Å². The maximum absolute atomic E-state index is 13.2. The Labute approximate surface area is 131 Å². The molecule has 0 fully saturated rings. The molecule has 1 unspecified atom stereocenters. The Kier molecular flexibility index (Phi) is 3.88. The monoisotopic (exact) mass is 344 g/mol. The highest BCUT2D eigenvalue weighted by Crippen LogP contribution is 2.30. The van der Waals surface area contributed by atoms with Gasteiger partial charge in [-0.15, -0.1) is 0 Å². The molecule has 4 heteroatoms. The number of nitrogens with one attached hydrogen (secondary N) is 1. The van der Waals surface area contributed by atoms with E-state index in [-0.39, 0.29) is 11.9 Å². The molecule has 0 radical (unpaired) electrons. The molecule has 2 aromatic carbocycles. The number of anilines is 1. The maximum Gasteiger partial charge on any atom is 0.124 e. The number of hydrogen-bond acceptors (Lipinski definition) is 2. The second-order valence-corrected chi connectivity index (χ2v) is 5.79. The number of hydrogen-bond donors (Lipinski definition) is 1. The summed E-state index contributed by atoms with van der Waals surface area (Å²) >= 11 is 3.42. The zero-order chi connectivity index (χ0) is 14.8. The molecular formula is C17H14BrFN2. The molecule has 1 heterocycles. The highest BCUT2D eigenvalue weighted by molar-refractivity contribution is 9.10. The molecule has 106 valence electrons. The number of halogens is 2. The Hall–Kier alpha value is -1.94. The normalized spacial score (nSPS) is 12.3. The summed E-state index contributed by atoms with van der Waals surface area (Å²) < 4.78 is 14.0. The van der Waals surface area contributed by atoms with Crippen molar-refractivity contribution >= 4 is 32.4 Å². The number of pyridine rings is 1. The Morgan fingerprint density at radius 1 is 1.19 bits per heavy atom. The van der Waals surface area contributed by atoms with E-state index >= 15 is 0 Å². The number of fused-ring (bicyclic) bond motifs is 1. The SMILES string of the molecule is CC(Nc1cccc2cnccc12)c1ccc(F)cc1Br. The van der Waals surface area contributed by atoms with Gasteiger partial charge in [0.1, 0.15) is 5.82 Å². The summed E-state index contributed by atoms with van der Waals surface area (Å²) in [6, 6.07) is 12.9. The maximum atomic E-state index is 13.2. The lowest BCUT2D eigenvalue weighted by molar-refractivity contribution is 0.625. The second kappa shape index (κ2) is 5.82. The molecule has 2 nitrogen and oxygen atoms in total. The van der Waals surface area contributed by atoms with Crippen molar-refractivity contribution in [1.82, 2.24) is 4.98 Å². The number of aromatic nitrogens is 1. The number of rotatable bonds is 3. The van der Waals surface area contributed by atoms with E-state index in [4.69, 9.17) is 0 Å². The Morgan fingerprint density at radius 3 is 2.86 bits per heavy atom. The molecule has 3 aromatic rings. The molecule has 1 N–H and O–H groups in total. The predicted octanol–water partition coefficient (Wildman–Crippen LogP) is 5.31. The van der Waals surface area contributed by atoms with Gasteiger partial charge in [-0.2, -0.15) is 0 Å². The van der Waals surface area contributed by atoms with Gasteiger partial charge < -0.3 is 5.32 Å². The standard InChI is InChI=1S/C17H14BrFN2/c1-11(14-6-5-13(19)9-16(14)18)21-17-4-2-3-12-10-20-8-7-15(12)17/h2-11,21H,1H3. The van der Waals surface area contributed by atoms with Gasteiger partial charge >= 0.3 is 0 Å². The van der Waals surface area contributed by atoms with Crippen LogP contribution in [0.25, 0.3) is 10.8 Å². The van der Waals surface area contributed by atoms with E-state index in [0.29, 0.717) is 0 Å². The fourth-order valence-electron chi connectivity index (χ4n) is 2.41. The van der Waals surface area contributed by atoms with Crippen LogP contribution in [-0.4, -0.2) is 4.98 Å². The van der Waals surface area contributed by atoms with Gasteiger partial charge in [0.05, 0.1) is 0 Å². The minimum Gasteiger partial charge on any atom is -0.378 e. The molecule has 0 spiro atoms. The number of benzene rings is 2. The zero-order valence-electron chi connectivity index (χ0n) is 11.5. The largest absolute Gasteiger partial charge is 0.378 e. The van der Waals surface area contributed by atoms with E-state index in [9.17, 15) is 4.39 Å². The quantitative estimate of drug-likeness (QED) is 0.696. The third-order valence-electron chi connectivity index (χ3n) is 3.48. The fourth-order valence-corrected chi connectivity index (χ4v) is 3.11. The molecule has 3 rings (SSSR count). The molecule has 0 aliphatic carbocycles. The topological polar surface area (TPSA) is 24.9 Å². The van der Waals surface area contributed by atoms with E-state index in [1.54, 1.807) is 12.3 Å². The molecule has 1 aromatic heterocycles. The molecule has 0 aliphatic heterocycles. The van der Waals surface area contributed by atoms with Crippen LogP contribution in [0.1, 0.15) is 18.5 Å². The summed E-state index contributed by atoms with van der Waals surface area (Å²) in [7, 11) is 0. The van der Waals surface area contributed by atoms with Crippen LogP contribution in [0.15, 0.2) is 59.3 Å². The second-order valence-electron chi connectivity index (χ2n) is 4.93. The summed E-state index contributed by atoms with van der Waals surface area (Å²) in [6.45, 7) is 2.05. The average Bonchev–Trinajstić information content (AvgIpc) is 2.47. The average molecular weight is 345 g/mol. The highest BCUT2D eigenvalue weighted by Gasteiger charge is 2.11. The van der Waals surface area contributed by atoms with Gasteiger partial charge in [0, 0.05) is 39.4 Å². The third kappa shape index (κ3) is 2.90. The summed E-state index contributed by atoms with van der Waals surface area (Å²) in [5, 5.41) is 5.69. The summed E-state index contributed by atoms with van der Waals surface area (Å²) in [4.78, 5) is 4.14. The van der Waals surface area contributed by atoms with Crippen molar-refractivity contribution in [3.05, 3.63) is 70.7 Å². The molecule has 0 aliphatic rings. The number of nitrogens with zero attached hydrogens (tertiary/aromatic N) is 1. The molecule has 21 heavy (non-hydrogen) atoms. The van der Waals surface area contributed by atoms with Crippen LogP contribution < -0.4 is 5.32 Å². The molecule has 1 atom stereocenters. The van der Waals surface area contributed by atoms with Gasteiger partial charge in [0.2, 0.25) is 0 Å². The third-order valence-corrected chi connectivity index (χ3v) is 4.17. The Morgan fingerprint density at radius 2 is 2.05 bits per heavy atom. The summed E-state index contributed by atoms with van der Waals surface area (Å²) in [5.74, 6) is -0.242. The van der Waals surface area contributed by atoms with Crippen LogP contribution in [0.4, 0.5) is 10.1 Å². The van der Waals surface area contributed by atoms with E-state index in [1.807, 2.05) is 30.5 Å². The van der Waals surface area contributed by atoms with Gasteiger partial charge in [0.25, 0.3) is 0 Å². The first-order valence-electron chi connectivity index (χ1n) is 6.69. The van der Waals surface area contributed by atoms with Crippen LogP contribution in [0.3, 0.4) is 0 Å². The first-order valence-corrected chi connectivity index (χ1v) is 7.48. The van der Waals surface area contributed by atoms with Crippen molar-refractivity contribution in [3.8, 4) is 0 Å². The lowest BCUT2D eigenvalue weighted by Crippen LogP contribution is -2.07. The van der Waals surface area contributed by atoms with E-state index in [0.717, 1.165) is 26.5 Å².